The molecule has 1 aromatic carbocycles. The number of aryl methyl sites for hydroxylation is 3. The van der Waals surface area contributed by atoms with Gasteiger partial charge in [0.05, 0.1) is 24.0 Å². The summed E-state index contributed by atoms with van der Waals surface area (Å²) in [7, 11) is 0. The van der Waals surface area contributed by atoms with Crippen molar-refractivity contribution >= 4 is 23.2 Å². The molecule has 0 unspecified atom stereocenters. The minimum absolute atomic E-state index is 0.171. The topological polar surface area (TPSA) is 94.8 Å². The third-order valence-corrected chi connectivity index (χ3v) is 5.25. The van der Waals surface area contributed by atoms with Gasteiger partial charge in [-0.05, 0) is 64.1 Å². The van der Waals surface area contributed by atoms with Crippen LogP contribution in [-0.2, 0) is 11.2 Å². The summed E-state index contributed by atoms with van der Waals surface area (Å²) in [5.41, 5.74) is 4.73. The Morgan fingerprint density at radius 2 is 1.73 bits per heavy atom. The van der Waals surface area contributed by atoms with Crippen LogP contribution in [0, 0.1) is 27.7 Å². The molecule has 0 radical (unpaired) electrons. The van der Waals surface area contributed by atoms with Crippen LogP contribution in [0.3, 0.4) is 0 Å². The van der Waals surface area contributed by atoms with Crippen LogP contribution >= 0.6 is 11.6 Å². The summed E-state index contributed by atoms with van der Waals surface area (Å²) in [6.45, 7) is 7.61. The number of benzene rings is 1. The Kier molecular flexibility index (Phi) is 6.37. The first-order valence-electron chi connectivity index (χ1n) is 10.4. The van der Waals surface area contributed by atoms with E-state index in [1.165, 1.54) is 0 Å². The Balaban J connectivity index is 1.43. The SMILES string of the molecule is Cc1cc(C)nc(-n2nc(C)c(CC(=O)Nc3ccc(Oc4ccc(Cl)cc4)nc3)c2C)n1. The van der Waals surface area contributed by atoms with Gasteiger partial charge in [0.25, 0.3) is 5.95 Å². The van der Waals surface area contributed by atoms with Gasteiger partial charge in [-0.3, -0.25) is 4.79 Å². The number of hydrogen-bond donors (Lipinski definition) is 1. The minimum atomic E-state index is -0.171. The summed E-state index contributed by atoms with van der Waals surface area (Å²) < 4.78 is 7.36. The first-order chi connectivity index (χ1) is 15.8. The highest BCUT2D eigenvalue weighted by Crippen LogP contribution is 2.23. The summed E-state index contributed by atoms with van der Waals surface area (Å²) in [6, 6.07) is 12.3. The molecule has 168 valence electrons. The number of anilines is 1. The molecule has 1 amide bonds. The van der Waals surface area contributed by atoms with Crippen LogP contribution in [0.15, 0.2) is 48.7 Å². The fourth-order valence-corrected chi connectivity index (χ4v) is 3.56. The number of aromatic nitrogens is 5. The molecular weight excluding hydrogens is 440 g/mol. The molecule has 33 heavy (non-hydrogen) atoms. The smallest absolute Gasteiger partial charge is 0.251 e. The molecule has 0 aliphatic rings. The standard InChI is InChI=1S/C24H23ClN6O2/c1-14-11-15(2)28-24(27-14)31-17(4)21(16(3)30-31)12-22(32)29-19-7-10-23(26-13-19)33-20-8-5-18(25)6-9-20/h5-11,13H,12H2,1-4H3,(H,29,32). The number of ether oxygens (including phenoxy) is 1. The molecule has 0 bridgehead atoms. The lowest BCUT2D eigenvalue weighted by atomic mass is 10.1. The average molecular weight is 463 g/mol. The minimum Gasteiger partial charge on any atom is -0.439 e. The lowest BCUT2D eigenvalue weighted by molar-refractivity contribution is -0.115. The Bertz CT molecular complexity index is 1280. The first kappa shape index (κ1) is 22.4. The Hall–Kier alpha value is -3.78. The van der Waals surface area contributed by atoms with Crippen molar-refractivity contribution in [2.24, 2.45) is 0 Å². The van der Waals surface area contributed by atoms with Gasteiger partial charge in [-0.2, -0.15) is 5.10 Å². The summed E-state index contributed by atoms with van der Waals surface area (Å²) in [5, 5.41) is 8.05. The number of carbonyl (C=O) groups excluding carboxylic acids is 1. The van der Waals surface area contributed by atoms with E-state index in [-0.39, 0.29) is 12.3 Å². The molecule has 9 heteroatoms. The first-order valence-corrected chi connectivity index (χ1v) is 10.7. The van der Waals surface area contributed by atoms with E-state index in [1.807, 2.05) is 33.8 Å². The molecule has 8 nitrogen and oxygen atoms in total. The lowest BCUT2D eigenvalue weighted by Crippen LogP contribution is -2.15. The monoisotopic (exact) mass is 462 g/mol. The normalized spacial score (nSPS) is 10.8. The van der Waals surface area contributed by atoms with Gasteiger partial charge in [-0.25, -0.2) is 19.6 Å². The molecule has 4 rings (SSSR count). The molecule has 0 spiro atoms. The van der Waals surface area contributed by atoms with E-state index in [0.29, 0.717) is 28.3 Å². The Morgan fingerprint density at radius 1 is 1.03 bits per heavy atom. The van der Waals surface area contributed by atoms with Crippen LogP contribution < -0.4 is 10.1 Å². The van der Waals surface area contributed by atoms with Crippen LogP contribution in [0.2, 0.25) is 5.02 Å². The van der Waals surface area contributed by atoms with Gasteiger partial charge in [-0.1, -0.05) is 11.6 Å². The zero-order chi connectivity index (χ0) is 23.5. The van der Waals surface area contributed by atoms with Crippen LogP contribution in [0.1, 0.15) is 28.3 Å². The van der Waals surface area contributed by atoms with Crippen molar-refractivity contribution in [3.05, 3.63) is 82.0 Å². The predicted molar refractivity (Wildman–Crippen MR) is 126 cm³/mol. The molecule has 0 saturated heterocycles. The van der Waals surface area contributed by atoms with Gasteiger partial charge in [-0.15, -0.1) is 0 Å². The third-order valence-electron chi connectivity index (χ3n) is 4.99. The summed E-state index contributed by atoms with van der Waals surface area (Å²) in [6.07, 6.45) is 1.72. The molecule has 0 aliphatic carbocycles. The summed E-state index contributed by atoms with van der Waals surface area (Å²) in [5.74, 6) is 1.37. The van der Waals surface area contributed by atoms with E-state index in [4.69, 9.17) is 16.3 Å². The van der Waals surface area contributed by atoms with Crippen molar-refractivity contribution in [3.8, 4) is 17.6 Å². The van der Waals surface area contributed by atoms with Gasteiger partial charge in [0.15, 0.2) is 0 Å². The van der Waals surface area contributed by atoms with Crippen LogP contribution in [0.25, 0.3) is 5.95 Å². The highest BCUT2D eigenvalue weighted by atomic mass is 35.5. The summed E-state index contributed by atoms with van der Waals surface area (Å²) >= 11 is 5.88. The number of hydrogen-bond acceptors (Lipinski definition) is 6. The average Bonchev–Trinajstić information content (AvgIpc) is 3.04. The maximum atomic E-state index is 12.7. The molecule has 3 aromatic heterocycles. The zero-order valence-electron chi connectivity index (χ0n) is 18.8. The van der Waals surface area contributed by atoms with Gasteiger partial charge >= 0.3 is 0 Å². The predicted octanol–water partition coefficient (Wildman–Crippen LogP) is 4.92. The highest BCUT2D eigenvalue weighted by Gasteiger charge is 2.18. The quantitative estimate of drug-likeness (QED) is 0.437. The number of pyridine rings is 1. The van der Waals surface area contributed by atoms with E-state index in [1.54, 1.807) is 47.3 Å². The highest BCUT2D eigenvalue weighted by molar-refractivity contribution is 6.30. The fourth-order valence-electron chi connectivity index (χ4n) is 3.43. The number of halogens is 1. The van der Waals surface area contributed by atoms with E-state index >= 15 is 0 Å². The second kappa shape index (κ2) is 9.38. The van der Waals surface area contributed by atoms with E-state index < -0.39 is 0 Å². The number of carbonyl (C=O) groups is 1. The van der Waals surface area contributed by atoms with Crippen LogP contribution in [0.5, 0.6) is 11.6 Å². The molecule has 3 heterocycles. The van der Waals surface area contributed by atoms with E-state index in [9.17, 15) is 4.79 Å². The Morgan fingerprint density at radius 3 is 2.36 bits per heavy atom. The number of amides is 1. The van der Waals surface area contributed by atoms with E-state index in [2.05, 4.69) is 25.4 Å². The van der Waals surface area contributed by atoms with Gasteiger partial charge in [0, 0.05) is 33.7 Å². The molecule has 0 saturated carbocycles. The maximum Gasteiger partial charge on any atom is 0.251 e. The largest absolute Gasteiger partial charge is 0.439 e. The Labute approximate surface area is 196 Å². The maximum absolute atomic E-state index is 12.7. The zero-order valence-corrected chi connectivity index (χ0v) is 19.5. The molecule has 0 aliphatic heterocycles. The molecule has 4 aromatic rings. The fraction of sp³-hybridized carbons (Fsp3) is 0.208. The summed E-state index contributed by atoms with van der Waals surface area (Å²) in [4.78, 5) is 25.9. The van der Waals surface area contributed by atoms with Crippen LogP contribution in [0.4, 0.5) is 5.69 Å². The second-order valence-corrected chi connectivity index (χ2v) is 8.11. The number of rotatable bonds is 6. The third kappa shape index (κ3) is 5.35. The van der Waals surface area contributed by atoms with Crippen molar-refractivity contribution in [1.82, 2.24) is 24.7 Å². The van der Waals surface area contributed by atoms with Crippen molar-refractivity contribution in [2.75, 3.05) is 5.32 Å². The second-order valence-electron chi connectivity index (χ2n) is 7.68. The van der Waals surface area contributed by atoms with Crippen molar-refractivity contribution in [1.29, 1.82) is 0 Å². The van der Waals surface area contributed by atoms with Gasteiger partial charge in [0.1, 0.15) is 5.75 Å². The lowest BCUT2D eigenvalue weighted by Gasteiger charge is -2.08. The van der Waals surface area contributed by atoms with Crippen molar-refractivity contribution in [3.63, 3.8) is 0 Å². The van der Waals surface area contributed by atoms with Crippen LogP contribution in [-0.4, -0.2) is 30.6 Å². The van der Waals surface area contributed by atoms with Gasteiger partial charge < -0.3 is 10.1 Å². The molecule has 1 N–H and O–H groups in total. The van der Waals surface area contributed by atoms with Crippen molar-refractivity contribution < 1.29 is 9.53 Å². The van der Waals surface area contributed by atoms with Gasteiger partial charge in [0.2, 0.25) is 11.8 Å². The molecular formula is C24H23ClN6O2. The van der Waals surface area contributed by atoms with E-state index in [0.717, 1.165) is 28.3 Å². The number of nitrogens with one attached hydrogen (secondary N) is 1. The number of nitrogens with zero attached hydrogens (tertiary/aromatic N) is 5. The molecule has 0 atom stereocenters. The van der Waals surface area contributed by atoms with Crippen molar-refractivity contribution in [2.45, 2.75) is 34.1 Å². The molecule has 0 fully saturated rings.